The lowest BCUT2D eigenvalue weighted by Gasteiger charge is -2.50. The van der Waals surface area contributed by atoms with Crippen molar-refractivity contribution in [1.82, 2.24) is 4.98 Å². The van der Waals surface area contributed by atoms with Crippen LogP contribution in [0.5, 0.6) is 5.75 Å². The van der Waals surface area contributed by atoms with Crippen LogP contribution in [0.2, 0.25) is 0 Å². The van der Waals surface area contributed by atoms with Crippen molar-refractivity contribution in [3.63, 3.8) is 0 Å². The Morgan fingerprint density at radius 3 is 2.32 bits per heavy atom. The van der Waals surface area contributed by atoms with Gasteiger partial charge in [0.05, 0.1) is 31.7 Å². The number of nitrogens with zero attached hydrogens (tertiary/aromatic N) is 2. The van der Waals surface area contributed by atoms with Gasteiger partial charge in [0.1, 0.15) is 0 Å². The maximum atomic E-state index is 6.34. The van der Waals surface area contributed by atoms with E-state index in [1.807, 2.05) is 6.20 Å². The Hall–Kier alpha value is -1.33. The number of unbranched alkanes of at least 4 members (excludes halogenated alkanes) is 5. The van der Waals surface area contributed by atoms with Crippen molar-refractivity contribution >= 4 is 5.69 Å². The van der Waals surface area contributed by atoms with Crippen LogP contribution in [-0.4, -0.2) is 43.2 Å². The van der Waals surface area contributed by atoms with Gasteiger partial charge in [0.2, 0.25) is 0 Å². The molecule has 34 heavy (non-hydrogen) atoms. The number of hydrogen-bond acceptors (Lipinski definition) is 5. The normalized spacial score (nSPS) is 20.9. The van der Waals surface area contributed by atoms with Crippen molar-refractivity contribution in [3.05, 3.63) is 18.0 Å². The summed E-state index contributed by atoms with van der Waals surface area (Å²) in [6.45, 7) is 12.7. The molecule has 1 saturated heterocycles. The Bertz CT molecular complexity index is 731. The van der Waals surface area contributed by atoms with Gasteiger partial charge in [0.15, 0.2) is 11.5 Å². The molecule has 5 nitrogen and oxygen atoms in total. The highest BCUT2D eigenvalue weighted by Crippen LogP contribution is 2.43. The standard InChI is InChI=1S/C29H50N2O3/c1-7-9-10-11-12-13-14-24(8-2)31(26-17-20-30-23(3)27(26)32-6)25-15-18-29(19-16-25)33-21-28(4,5)22-34-29/h17,20,24-25H,7-16,18-19,21-22H2,1-6H3. The van der Waals surface area contributed by atoms with Crippen LogP contribution in [-0.2, 0) is 9.47 Å². The van der Waals surface area contributed by atoms with Crippen LogP contribution >= 0.6 is 0 Å². The maximum Gasteiger partial charge on any atom is 0.168 e. The van der Waals surface area contributed by atoms with Crippen molar-refractivity contribution in [2.24, 2.45) is 5.41 Å². The van der Waals surface area contributed by atoms with Gasteiger partial charge in [-0.15, -0.1) is 0 Å². The molecule has 1 aliphatic carbocycles. The topological polar surface area (TPSA) is 43.8 Å². The van der Waals surface area contributed by atoms with Crippen molar-refractivity contribution in [2.45, 2.75) is 130 Å². The Kier molecular flexibility index (Phi) is 10.1. The predicted molar refractivity (Wildman–Crippen MR) is 141 cm³/mol. The molecule has 2 fully saturated rings. The summed E-state index contributed by atoms with van der Waals surface area (Å²) in [7, 11) is 1.78. The van der Waals surface area contributed by atoms with Gasteiger partial charge in [-0.2, -0.15) is 0 Å². The molecule has 0 radical (unpaired) electrons. The average molecular weight is 475 g/mol. The monoisotopic (exact) mass is 474 g/mol. The highest BCUT2D eigenvalue weighted by molar-refractivity contribution is 5.61. The summed E-state index contributed by atoms with van der Waals surface area (Å²) in [5.41, 5.74) is 2.29. The molecule has 194 valence electrons. The van der Waals surface area contributed by atoms with E-state index in [-0.39, 0.29) is 11.2 Å². The van der Waals surface area contributed by atoms with Gasteiger partial charge in [-0.1, -0.05) is 66.2 Å². The Morgan fingerprint density at radius 2 is 1.71 bits per heavy atom. The minimum Gasteiger partial charge on any atom is -0.493 e. The number of anilines is 1. The van der Waals surface area contributed by atoms with E-state index in [9.17, 15) is 0 Å². The highest BCUT2D eigenvalue weighted by Gasteiger charge is 2.45. The number of rotatable bonds is 12. The number of methoxy groups -OCH3 is 1. The summed E-state index contributed by atoms with van der Waals surface area (Å²) in [5.74, 6) is 0.549. The van der Waals surface area contributed by atoms with E-state index in [0.29, 0.717) is 12.1 Å². The zero-order valence-corrected chi connectivity index (χ0v) is 22.8. The Morgan fingerprint density at radius 1 is 1.06 bits per heavy atom. The summed E-state index contributed by atoms with van der Waals surface area (Å²) >= 11 is 0. The van der Waals surface area contributed by atoms with Gasteiger partial charge in [-0.25, -0.2) is 0 Å². The van der Waals surface area contributed by atoms with Gasteiger partial charge in [0, 0.05) is 36.5 Å². The van der Waals surface area contributed by atoms with Crippen LogP contribution in [0.4, 0.5) is 5.69 Å². The Labute approximate surface area is 208 Å². The highest BCUT2D eigenvalue weighted by atomic mass is 16.7. The van der Waals surface area contributed by atoms with E-state index < -0.39 is 0 Å². The quantitative estimate of drug-likeness (QED) is 0.294. The summed E-state index contributed by atoms with van der Waals surface area (Å²) in [6, 6.07) is 3.14. The predicted octanol–water partition coefficient (Wildman–Crippen LogP) is 7.45. The van der Waals surface area contributed by atoms with Crippen molar-refractivity contribution < 1.29 is 14.2 Å². The lowest BCUT2D eigenvalue weighted by Crippen LogP contribution is -2.53. The molecule has 2 heterocycles. The fourth-order valence-electron chi connectivity index (χ4n) is 5.73. The molecule has 1 aliphatic heterocycles. The van der Waals surface area contributed by atoms with Crippen LogP contribution in [0.15, 0.2) is 12.3 Å². The molecule has 2 aliphatic rings. The Balaban J connectivity index is 1.74. The molecule has 5 heteroatoms. The first-order valence-electron chi connectivity index (χ1n) is 13.9. The molecule has 0 amide bonds. The third kappa shape index (κ3) is 6.87. The number of ether oxygens (including phenoxy) is 3. The van der Waals surface area contributed by atoms with Gasteiger partial charge in [-0.05, 0) is 38.7 Å². The lowest BCUT2D eigenvalue weighted by atomic mass is 9.85. The van der Waals surface area contributed by atoms with Crippen molar-refractivity contribution in [1.29, 1.82) is 0 Å². The zero-order valence-electron chi connectivity index (χ0n) is 22.8. The molecule has 1 saturated carbocycles. The van der Waals surface area contributed by atoms with Crippen LogP contribution in [0.1, 0.15) is 110 Å². The van der Waals surface area contributed by atoms with Gasteiger partial charge < -0.3 is 19.1 Å². The van der Waals surface area contributed by atoms with Gasteiger partial charge in [-0.3, -0.25) is 4.98 Å². The molecule has 0 bridgehead atoms. The minimum absolute atomic E-state index is 0.112. The summed E-state index contributed by atoms with van der Waals surface area (Å²) < 4.78 is 18.6. The van der Waals surface area contributed by atoms with Crippen LogP contribution in [0.25, 0.3) is 0 Å². The fraction of sp³-hybridized carbons (Fsp3) is 0.828. The summed E-state index contributed by atoms with van der Waals surface area (Å²) in [5, 5.41) is 0. The molecular weight excluding hydrogens is 424 g/mol. The minimum atomic E-state index is -0.378. The first-order chi connectivity index (χ1) is 16.3. The van der Waals surface area contributed by atoms with Gasteiger partial charge in [0.25, 0.3) is 0 Å². The fourth-order valence-corrected chi connectivity index (χ4v) is 5.73. The molecule has 1 aromatic heterocycles. The molecule has 1 atom stereocenters. The van der Waals surface area contributed by atoms with E-state index in [2.05, 4.69) is 50.6 Å². The average Bonchev–Trinajstić information content (AvgIpc) is 2.83. The number of hydrogen-bond donors (Lipinski definition) is 0. The van der Waals surface area contributed by atoms with E-state index in [1.54, 1.807) is 7.11 Å². The molecular formula is C29H50N2O3. The molecule has 1 aromatic rings. The molecule has 0 aromatic carbocycles. The molecule has 3 rings (SSSR count). The van der Waals surface area contributed by atoms with E-state index >= 15 is 0 Å². The largest absolute Gasteiger partial charge is 0.493 e. The van der Waals surface area contributed by atoms with E-state index in [0.717, 1.165) is 56.8 Å². The SMILES string of the molecule is CCCCCCCCC(CC)N(c1ccnc(C)c1OC)C1CCC2(CC1)OCC(C)(C)CO2. The summed E-state index contributed by atoms with van der Waals surface area (Å²) in [6.07, 6.45) is 16.4. The molecule has 0 N–H and O–H groups in total. The van der Waals surface area contributed by atoms with E-state index in [1.165, 1.54) is 50.6 Å². The second-order valence-corrected chi connectivity index (χ2v) is 11.4. The van der Waals surface area contributed by atoms with E-state index in [4.69, 9.17) is 14.2 Å². The number of aromatic nitrogens is 1. The second kappa shape index (κ2) is 12.6. The van der Waals surface area contributed by atoms with Crippen molar-refractivity contribution in [2.75, 3.05) is 25.2 Å². The van der Waals surface area contributed by atoms with Crippen LogP contribution in [0.3, 0.4) is 0 Å². The third-order valence-corrected chi connectivity index (χ3v) is 7.86. The van der Waals surface area contributed by atoms with Gasteiger partial charge >= 0.3 is 0 Å². The number of aryl methyl sites for hydroxylation is 1. The molecule has 1 spiro atoms. The van der Waals surface area contributed by atoms with Crippen LogP contribution in [0, 0.1) is 12.3 Å². The smallest absolute Gasteiger partial charge is 0.168 e. The maximum absolute atomic E-state index is 6.34. The first kappa shape index (κ1) is 27.3. The second-order valence-electron chi connectivity index (χ2n) is 11.4. The molecule has 1 unspecified atom stereocenters. The third-order valence-electron chi connectivity index (χ3n) is 7.86. The van der Waals surface area contributed by atoms with Crippen LogP contribution < -0.4 is 9.64 Å². The zero-order chi connectivity index (χ0) is 24.6. The lowest BCUT2D eigenvalue weighted by molar-refractivity contribution is -0.310. The summed E-state index contributed by atoms with van der Waals surface area (Å²) in [4.78, 5) is 7.21. The first-order valence-corrected chi connectivity index (χ1v) is 13.9. The van der Waals surface area contributed by atoms with Crippen molar-refractivity contribution in [3.8, 4) is 5.75 Å². The number of pyridine rings is 1.